The van der Waals surface area contributed by atoms with Crippen molar-refractivity contribution in [1.29, 1.82) is 0 Å². The van der Waals surface area contributed by atoms with Gasteiger partial charge >= 0.3 is 6.09 Å². The highest BCUT2D eigenvalue weighted by atomic mass is 16.6. The Morgan fingerprint density at radius 3 is 2.03 bits per heavy atom. The van der Waals surface area contributed by atoms with Crippen LogP contribution in [0.4, 0.5) is 4.79 Å². The van der Waals surface area contributed by atoms with Crippen molar-refractivity contribution in [3.8, 4) is 5.75 Å². The van der Waals surface area contributed by atoms with E-state index in [1.807, 2.05) is 45.0 Å². The van der Waals surface area contributed by atoms with E-state index in [1.54, 1.807) is 7.11 Å². The molecular formula is C21H35NO7. The smallest absolute Gasteiger partial charge is 0.408 e. The van der Waals surface area contributed by atoms with Gasteiger partial charge in [0.2, 0.25) is 0 Å². The van der Waals surface area contributed by atoms with E-state index in [0.717, 1.165) is 5.56 Å². The lowest BCUT2D eigenvalue weighted by Crippen LogP contribution is -2.53. The van der Waals surface area contributed by atoms with Crippen LogP contribution in [0.15, 0.2) is 24.3 Å². The highest BCUT2D eigenvalue weighted by Gasteiger charge is 2.32. The molecular weight excluding hydrogens is 378 g/mol. The molecule has 0 saturated heterocycles. The van der Waals surface area contributed by atoms with Crippen LogP contribution in [0.5, 0.6) is 5.75 Å². The van der Waals surface area contributed by atoms with Crippen LogP contribution in [0.3, 0.4) is 0 Å². The van der Waals surface area contributed by atoms with Gasteiger partial charge in [-0.25, -0.2) is 4.79 Å². The zero-order chi connectivity index (χ0) is 21.7. The topological polar surface area (TPSA) is 97.7 Å². The molecule has 0 aliphatic rings. The van der Waals surface area contributed by atoms with E-state index in [9.17, 15) is 15.0 Å². The van der Waals surface area contributed by atoms with Crippen molar-refractivity contribution < 1.29 is 34.0 Å². The lowest BCUT2D eigenvalue weighted by Gasteiger charge is -2.39. The van der Waals surface area contributed by atoms with Crippen LogP contribution >= 0.6 is 0 Å². The van der Waals surface area contributed by atoms with E-state index in [4.69, 9.17) is 18.9 Å². The van der Waals surface area contributed by atoms with E-state index in [1.165, 1.54) is 4.90 Å². The summed E-state index contributed by atoms with van der Waals surface area (Å²) < 4.78 is 21.2. The summed E-state index contributed by atoms with van der Waals surface area (Å²) >= 11 is 0. The Bertz CT molecular complexity index is 571. The molecule has 0 aromatic heterocycles. The van der Waals surface area contributed by atoms with Gasteiger partial charge in [-0.2, -0.15) is 0 Å². The molecule has 0 radical (unpaired) electrons. The summed E-state index contributed by atoms with van der Waals surface area (Å²) in [7, 11) is 1.63. The molecule has 0 heterocycles. The fourth-order valence-electron chi connectivity index (χ4n) is 2.90. The minimum Gasteiger partial charge on any atom is -0.491 e. The molecule has 8 heteroatoms. The van der Waals surface area contributed by atoms with Crippen LogP contribution < -0.4 is 4.74 Å². The summed E-state index contributed by atoms with van der Waals surface area (Å²) in [5.41, 5.74) is 0.327. The molecule has 1 atom stereocenters. The van der Waals surface area contributed by atoms with Crippen LogP contribution in [-0.4, -0.2) is 86.1 Å². The number of aliphatic hydroxyl groups is 1. The van der Waals surface area contributed by atoms with E-state index in [0.29, 0.717) is 51.8 Å². The number of rotatable bonds is 14. The van der Waals surface area contributed by atoms with Crippen molar-refractivity contribution in [2.24, 2.45) is 0 Å². The number of amides is 1. The van der Waals surface area contributed by atoms with Crippen molar-refractivity contribution in [3.63, 3.8) is 0 Å². The van der Waals surface area contributed by atoms with Gasteiger partial charge in [0.1, 0.15) is 12.4 Å². The Balaban J connectivity index is 2.40. The summed E-state index contributed by atoms with van der Waals surface area (Å²) in [6, 6.07) is 6.91. The van der Waals surface area contributed by atoms with Gasteiger partial charge in [-0.3, -0.25) is 4.90 Å². The molecule has 0 unspecified atom stereocenters. The minimum absolute atomic E-state index is 0.242. The Morgan fingerprint density at radius 2 is 1.55 bits per heavy atom. The van der Waals surface area contributed by atoms with Crippen LogP contribution in [-0.2, 0) is 20.6 Å². The lowest BCUT2D eigenvalue weighted by molar-refractivity contribution is 0.0179. The molecule has 166 valence electrons. The molecule has 2 N–H and O–H groups in total. The number of nitrogens with zero attached hydrogens (tertiary/aromatic N) is 1. The normalized spacial score (nSPS) is 12.6. The molecule has 8 nitrogen and oxygen atoms in total. The van der Waals surface area contributed by atoms with Crippen molar-refractivity contribution in [3.05, 3.63) is 29.8 Å². The van der Waals surface area contributed by atoms with Gasteiger partial charge in [-0.1, -0.05) is 12.1 Å². The standard InChI is InChI=1S/C21H35NO7/c1-21(2,3)22(20(24)25)18(16-23)15-17-5-7-19(8-6-17)29-14-13-28-12-11-27-10-9-26-4/h5-8,18,23H,9-16H2,1-4H3,(H,24,25)/t18-/m1/s1. The number of ether oxygens (including phenoxy) is 4. The van der Waals surface area contributed by atoms with Gasteiger partial charge in [-0.05, 0) is 44.9 Å². The zero-order valence-electron chi connectivity index (χ0n) is 17.9. The van der Waals surface area contributed by atoms with Gasteiger partial charge in [0.05, 0.1) is 45.7 Å². The molecule has 0 saturated carbocycles. The zero-order valence-corrected chi connectivity index (χ0v) is 17.9. The first-order valence-corrected chi connectivity index (χ1v) is 9.79. The van der Waals surface area contributed by atoms with E-state index >= 15 is 0 Å². The van der Waals surface area contributed by atoms with E-state index in [-0.39, 0.29) is 6.61 Å². The number of carboxylic acid groups (broad SMARTS) is 1. The molecule has 1 aromatic rings. The van der Waals surface area contributed by atoms with Crippen LogP contribution in [0.1, 0.15) is 26.3 Å². The first-order chi connectivity index (χ1) is 13.8. The summed E-state index contributed by atoms with van der Waals surface area (Å²) in [4.78, 5) is 12.9. The fraction of sp³-hybridized carbons (Fsp3) is 0.667. The number of aliphatic hydroxyl groups excluding tert-OH is 1. The average Bonchev–Trinajstić information content (AvgIpc) is 2.66. The first kappa shape index (κ1) is 25.2. The Morgan fingerprint density at radius 1 is 1.00 bits per heavy atom. The predicted octanol–water partition coefficient (Wildman–Crippen LogP) is 2.43. The number of hydrogen-bond donors (Lipinski definition) is 2. The molecule has 0 aliphatic carbocycles. The highest BCUT2D eigenvalue weighted by Crippen LogP contribution is 2.21. The van der Waals surface area contributed by atoms with Crippen LogP contribution in [0, 0.1) is 0 Å². The first-order valence-electron chi connectivity index (χ1n) is 9.79. The molecule has 1 amide bonds. The minimum atomic E-state index is -1.04. The second-order valence-electron chi connectivity index (χ2n) is 7.57. The summed E-state index contributed by atoms with van der Waals surface area (Å²) in [5, 5.41) is 19.2. The largest absolute Gasteiger partial charge is 0.491 e. The third kappa shape index (κ3) is 9.94. The number of carbonyl (C=O) groups is 1. The number of benzene rings is 1. The lowest BCUT2D eigenvalue weighted by atomic mass is 9.99. The van der Waals surface area contributed by atoms with E-state index < -0.39 is 17.7 Å². The van der Waals surface area contributed by atoms with Gasteiger partial charge < -0.3 is 29.2 Å². The SMILES string of the molecule is COCCOCCOCCOc1ccc(C[C@H](CO)N(C(=O)O)C(C)(C)C)cc1. The van der Waals surface area contributed by atoms with Crippen molar-refractivity contribution >= 4 is 6.09 Å². The van der Waals surface area contributed by atoms with Gasteiger partial charge in [-0.15, -0.1) is 0 Å². The van der Waals surface area contributed by atoms with Crippen LogP contribution in [0.2, 0.25) is 0 Å². The maximum absolute atomic E-state index is 11.6. The van der Waals surface area contributed by atoms with Gasteiger partial charge in [0, 0.05) is 12.6 Å². The maximum Gasteiger partial charge on any atom is 0.408 e. The Hall–Kier alpha value is -1.87. The summed E-state index contributed by atoms with van der Waals surface area (Å²) in [6.45, 7) is 8.23. The Kier molecular flexibility index (Phi) is 11.6. The number of hydrogen-bond acceptors (Lipinski definition) is 6. The molecule has 0 spiro atoms. The van der Waals surface area contributed by atoms with Crippen molar-refractivity contribution in [2.45, 2.75) is 38.8 Å². The monoisotopic (exact) mass is 413 g/mol. The molecule has 1 rings (SSSR count). The van der Waals surface area contributed by atoms with Crippen molar-refractivity contribution in [1.82, 2.24) is 4.90 Å². The third-order valence-electron chi connectivity index (χ3n) is 4.20. The van der Waals surface area contributed by atoms with Crippen molar-refractivity contribution in [2.75, 3.05) is 53.4 Å². The van der Waals surface area contributed by atoms with Crippen LogP contribution in [0.25, 0.3) is 0 Å². The molecule has 1 aromatic carbocycles. The predicted molar refractivity (Wildman–Crippen MR) is 110 cm³/mol. The molecule has 29 heavy (non-hydrogen) atoms. The summed E-state index contributed by atoms with van der Waals surface area (Å²) in [5.74, 6) is 0.708. The third-order valence-corrected chi connectivity index (χ3v) is 4.20. The molecule has 0 aliphatic heterocycles. The molecule has 0 fully saturated rings. The van der Waals surface area contributed by atoms with Gasteiger partial charge in [0.25, 0.3) is 0 Å². The average molecular weight is 414 g/mol. The highest BCUT2D eigenvalue weighted by molar-refractivity contribution is 5.66. The molecule has 0 bridgehead atoms. The van der Waals surface area contributed by atoms with Gasteiger partial charge in [0.15, 0.2) is 0 Å². The maximum atomic E-state index is 11.6. The van der Waals surface area contributed by atoms with E-state index in [2.05, 4.69) is 0 Å². The Labute approximate surface area is 173 Å². The quantitative estimate of drug-likeness (QED) is 0.452. The second-order valence-corrected chi connectivity index (χ2v) is 7.57. The summed E-state index contributed by atoms with van der Waals surface area (Å²) in [6.07, 6.45) is -0.618. The number of methoxy groups -OCH3 is 1. The second kappa shape index (κ2) is 13.4. The fourth-order valence-corrected chi connectivity index (χ4v) is 2.90.